The fourth-order valence-electron chi connectivity index (χ4n) is 1.74. The van der Waals surface area contributed by atoms with Crippen LogP contribution in [-0.2, 0) is 0 Å². The second-order valence-corrected chi connectivity index (χ2v) is 4.68. The normalized spacial score (nSPS) is 14.9. The zero-order valence-electron chi connectivity index (χ0n) is 14.5. The van der Waals surface area contributed by atoms with Crippen molar-refractivity contribution in [2.75, 3.05) is 0 Å². The van der Waals surface area contributed by atoms with Gasteiger partial charge in [0.25, 0.3) is 0 Å². The standard InChI is InChI=1S/C14H18N2O/c1-9(2)13-12(14(17)10(3)4)11-7-5-6-8-16(11)15-13/h5-10H,1-4H3/i5D,6D,7D,8D. The number of ketones is 1. The minimum absolute atomic E-state index is 0.0511. The van der Waals surface area contributed by atoms with Crippen LogP contribution in [-0.4, -0.2) is 15.4 Å². The van der Waals surface area contributed by atoms with Gasteiger partial charge in [-0.25, -0.2) is 4.52 Å². The fraction of sp³-hybridized carbons (Fsp3) is 0.429. The van der Waals surface area contributed by atoms with Crippen LogP contribution in [0.4, 0.5) is 0 Å². The van der Waals surface area contributed by atoms with Gasteiger partial charge in [-0.15, -0.1) is 0 Å². The Balaban J connectivity index is 3.00. The van der Waals surface area contributed by atoms with Crippen LogP contribution in [0.25, 0.3) is 5.52 Å². The van der Waals surface area contributed by atoms with E-state index >= 15 is 0 Å². The van der Waals surface area contributed by atoms with E-state index in [0.717, 1.165) is 4.52 Å². The minimum atomic E-state index is -0.353. The van der Waals surface area contributed by atoms with E-state index in [4.69, 9.17) is 5.48 Å². The monoisotopic (exact) mass is 234 g/mol. The van der Waals surface area contributed by atoms with Gasteiger partial charge in [0.2, 0.25) is 0 Å². The Morgan fingerprint density at radius 3 is 2.65 bits per heavy atom. The Kier molecular flexibility index (Phi) is 1.94. The molecule has 3 heteroatoms. The first-order valence-corrected chi connectivity index (χ1v) is 5.71. The van der Waals surface area contributed by atoms with Crippen LogP contribution in [0.15, 0.2) is 24.3 Å². The second-order valence-electron chi connectivity index (χ2n) is 4.68. The molecule has 0 fully saturated rings. The number of pyridine rings is 1. The highest BCUT2D eigenvalue weighted by Gasteiger charge is 2.22. The third-order valence-electron chi connectivity index (χ3n) is 2.64. The average Bonchev–Trinajstić information content (AvgIpc) is 2.82. The van der Waals surface area contributed by atoms with E-state index in [2.05, 4.69) is 5.10 Å². The molecular formula is C14H18N2O. The molecule has 0 spiro atoms. The maximum Gasteiger partial charge on any atom is 0.169 e. The van der Waals surface area contributed by atoms with Gasteiger partial charge in [0, 0.05) is 12.1 Å². The molecule has 0 aliphatic heterocycles. The van der Waals surface area contributed by atoms with Crippen molar-refractivity contribution in [3.05, 3.63) is 35.6 Å². The fourth-order valence-corrected chi connectivity index (χ4v) is 1.74. The Labute approximate surface area is 107 Å². The number of hydrogen-bond acceptors (Lipinski definition) is 2. The predicted octanol–water partition coefficient (Wildman–Crippen LogP) is 3.30. The summed E-state index contributed by atoms with van der Waals surface area (Å²) in [5.41, 5.74) is 0.996. The first kappa shape index (κ1) is 7.64. The lowest BCUT2D eigenvalue weighted by Gasteiger charge is -2.07. The summed E-state index contributed by atoms with van der Waals surface area (Å²) in [5, 5.41) is 4.26. The van der Waals surface area contributed by atoms with Gasteiger partial charge in [-0.05, 0) is 18.0 Å². The van der Waals surface area contributed by atoms with E-state index in [0.29, 0.717) is 11.3 Å². The molecule has 3 nitrogen and oxygen atoms in total. The summed E-state index contributed by atoms with van der Waals surface area (Å²) in [6.45, 7) is 7.30. The van der Waals surface area contributed by atoms with Gasteiger partial charge in [0.05, 0.1) is 22.3 Å². The third-order valence-corrected chi connectivity index (χ3v) is 2.64. The molecule has 90 valence electrons. The first-order valence-electron chi connectivity index (χ1n) is 7.71. The summed E-state index contributed by atoms with van der Waals surface area (Å²) in [7, 11) is 0. The van der Waals surface area contributed by atoms with Crippen molar-refractivity contribution in [3.63, 3.8) is 0 Å². The van der Waals surface area contributed by atoms with Crippen molar-refractivity contribution < 1.29 is 10.3 Å². The molecule has 0 N–H and O–H groups in total. The number of aromatic nitrogens is 2. The smallest absolute Gasteiger partial charge is 0.169 e. The number of carbonyl (C=O) groups excluding carboxylic acids is 1. The van der Waals surface area contributed by atoms with Crippen LogP contribution < -0.4 is 0 Å². The molecule has 0 saturated heterocycles. The quantitative estimate of drug-likeness (QED) is 0.764. The highest BCUT2D eigenvalue weighted by atomic mass is 16.1. The Morgan fingerprint density at radius 1 is 1.35 bits per heavy atom. The lowest BCUT2D eigenvalue weighted by Crippen LogP contribution is -2.10. The molecule has 0 saturated carbocycles. The molecule has 2 rings (SSSR count). The summed E-state index contributed by atoms with van der Waals surface area (Å²) in [4.78, 5) is 12.5. The van der Waals surface area contributed by atoms with E-state index in [1.807, 2.05) is 13.8 Å². The third kappa shape index (κ3) is 1.97. The van der Waals surface area contributed by atoms with Crippen molar-refractivity contribution in [1.29, 1.82) is 0 Å². The van der Waals surface area contributed by atoms with E-state index < -0.39 is 0 Å². The van der Waals surface area contributed by atoms with Crippen LogP contribution in [0, 0.1) is 5.92 Å². The predicted molar refractivity (Wildman–Crippen MR) is 68.4 cm³/mol. The van der Waals surface area contributed by atoms with Crippen LogP contribution in [0.1, 0.15) is 55.1 Å². The van der Waals surface area contributed by atoms with Crippen molar-refractivity contribution in [2.45, 2.75) is 33.6 Å². The largest absolute Gasteiger partial charge is 0.294 e. The molecule has 2 aromatic rings. The molecule has 0 atom stereocenters. The molecule has 0 bridgehead atoms. The summed E-state index contributed by atoms with van der Waals surface area (Å²) in [6, 6.07) is -0.922. The van der Waals surface area contributed by atoms with Crippen LogP contribution in [0.3, 0.4) is 0 Å². The summed E-state index contributed by atoms with van der Waals surface area (Å²) >= 11 is 0. The number of Topliss-reactive ketones (excluding diaryl/α,β-unsaturated/α-hetero) is 1. The number of nitrogens with zero attached hydrogens (tertiary/aromatic N) is 2. The second kappa shape index (κ2) is 4.32. The molecule has 0 radical (unpaired) electrons. The SMILES string of the molecule is [2H]c1c([2H])c([2H])n2nc(C(C)C)c(C(=O)C(C)C)c2c1[2H]. The van der Waals surface area contributed by atoms with Gasteiger partial charge in [0.15, 0.2) is 5.78 Å². The van der Waals surface area contributed by atoms with E-state index in [9.17, 15) is 4.79 Å². The lowest BCUT2D eigenvalue weighted by atomic mass is 9.95. The topological polar surface area (TPSA) is 34.4 Å². The number of fused-ring (bicyclic) bond motifs is 1. The number of carbonyl (C=O) groups is 1. The lowest BCUT2D eigenvalue weighted by molar-refractivity contribution is 0.0939. The molecule has 0 amide bonds. The van der Waals surface area contributed by atoms with E-state index in [1.165, 1.54) is 0 Å². The summed E-state index contributed by atoms with van der Waals surface area (Å²) < 4.78 is 32.6. The van der Waals surface area contributed by atoms with E-state index in [-0.39, 0.29) is 47.4 Å². The number of rotatable bonds is 3. The molecular weight excluding hydrogens is 212 g/mol. The van der Waals surface area contributed by atoms with Crippen molar-refractivity contribution >= 4 is 11.3 Å². The van der Waals surface area contributed by atoms with Gasteiger partial charge < -0.3 is 0 Å². The van der Waals surface area contributed by atoms with Gasteiger partial charge >= 0.3 is 0 Å². The Hall–Kier alpha value is -1.64. The molecule has 2 heterocycles. The molecule has 0 aromatic carbocycles. The summed E-state index contributed by atoms with van der Waals surface area (Å²) in [6.07, 6.45) is -0.268. The molecule has 17 heavy (non-hydrogen) atoms. The Bertz CT molecular complexity index is 735. The maximum atomic E-state index is 12.5. The van der Waals surface area contributed by atoms with Gasteiger partial charge in [-0.2, -0.15) is 5.10 Å². The average molecular weight is 234 g/mol. The van der Waals surface area contributed by atoms with Gasteiger partial charge in [-0.3, -0.25) is 4.79 Å². The van der Waals surface area contributed by atoms with Crippen LogP contribution >= 0.6 is 0 Å². The molecule has 2 aromatic heterocycles. The number of hydrogen-bond donors (Lipinski definition) is 0. The zero-order chi connectivity index (χ0) is 16.1. The minimum Gasteiger partial charge on any atom is -0.294 e. The van der Waals surface area contributed by atoms with Crippen molar-refractivity contribution in [1.82, 2.24) is 9.61 Å². The first-order chi connectivity index (χ1) is 9.68. The maximum absolute atomic E-state index is 12.5. The van der Waals surface area contributed by atoms with Gasteiger partial charge in [-0.1, -0.05) is 33.7 Å². The molecule has 0 aliphatic rings. The highest BCUT2D eigenvalue weighted by molar-refractivity contribution is 6.04. The van der Waals surface area contributed by atoms with Crippen molar-refractivity contribution in [2.24, 2.45) is 5.92 Å². The molecule has 0 aliphatic carbocycles. The Morgan fingerprint density at radius 2 is 2.06 bits per heavy atom. The zero-order valence-corrected chi connectivity index (χ0v) is 10.5. The van der Waals surface area contributed by atoms with Crippen molar-refractivity contribution in [3.8, 4) is 0 Å². The van der Waals surface area contributed by atoms with Crippen LogP contribution in [0.2, 0.25) is 0 Å². The summed E-state index contributed by atoms with van der Waals surface area (Å²) in [5.74, 6) is -0.475. The highest BCUT2D eigenvalue weighted by Crippen LogP contribution is 2.25. The van der Waals surface area contributed by atoms with Gasteiger partial charge in [0.1, 0.15) is 0 Å². The molecule has 0 unspecified atom stereocenters. The van der Waals surface area contributed by atoms with Crippen LogP contribution in [0.5, 0.6) is 0 Å². The van der Waals surface area contributed by atoms with E-state index in [1.54, 1.807) is 13.8 Å².